The zero-order valence-corrected chi connectivity index (χ0v) is 16.5. The fraction of sp³-hybridized carbons (Fsp3) is 0.333. The number of ether oxygens (including phenoxy) is 3. The minimum atomic E-state index is -0.931. The fourth-order valence-corrected chi connectivity index (χ4v) is 3.08. The molecule has 1 aliphatic rings. The second kappa shape index (κ2) is 8.97. The molecule has 0 bridgehead atoms. The third-order valence-corrected chi connectivity index (χ3v) is 4.59. The van der Waals surface area contributed by atoms with Gasteiger partial charge in [-0.15, -0.1) is 0 Å². The summed E-state index contributed by atoms with van der Waals surface area (Å²) in [6, 6.07) is 12.3. The lowest BCUT2D eigenvalue weighted by molar-refractivity contribution is -0.158. The van der Waals surface area contributed by atoms with Gasteiger partial charge >= 0.3 is 5.97 Å². The lowest BCUT2D eigenvalue weighted by Crippen LogP contribution is -2.36. The monoisotopic (exact) mass is 403 g/mol. The molecule has 0 aliphatic carbocycles. The Labute approximate surface area is 168 Å². The van der Waals surface area contributed by atoms with Crippen LogP contribution in [0.5, 0.6) is 11.5 Å². The molecule has 2 aromatic carbocycles. The van der Waals surface area contributed by atoms with E-state index in [-0.39, 0.29) is 6.61 Å². The van der Waals surface area contributed by atoms with Crippen molar-refractivity contribution in [2.45, 2.75) is 26.4 Å². The molecular formula is C21H22ClNO5. The molecule has 1 amide bonds. The van der Waals surface area contributed by atoms with Crippen LogP contribution >= 0.6 is 11.6 Å². The van der Waals surface area contributed by atoms with Crippen LogP contribution in [0, 0.1) is 5.92 Å². The molecule has 28 heavy (non-hydrogen) atoms. The Hall–Kier alpha value is -2.73. The third-order valence-electron chi connectivity index (χ3n) is 4.36. The van der Waals surface area contributed by atoms with Gasteiger partial charge in [0.25, 0.3) is 5.91 Å². The number of hydrogen-bond donors (Lipinski definition) is 1. The molecule has 0 aromatic heterocycles. The SMILES string of the molecule is CCOc1ccc(NC(=O)[C@H](C)OC(=O)[C@H]2COc3ccc(Cl)cc3C2)cc1. The maximum Gasteiger partial charge on any atom is 0.313 e. The first-order valence-electron chi connectivity index (χ1n) is 9.11. The predicted octanol–water partition coefficient (Wildman–Crippen LogP) is 3.86. The summed E-state index contributed by atoms with van der Waals surface area (Å²) in [4.78, 5) is 24.8. The quantitative estimate of drug-likeness (QED) is 0.741. The van der Waals surface area contributed by atoms with Crippen LogP contribution in [0.2, 0.25) is 5.02 Å². The van der Waals surface area contributed by atoms with Crippen molar-refractivity contribution in [1.82, 2.24) is 0 Å². The molecule has 0 saturated heterocycles. The maximum atomic E-state index is 12.4. The molecule has 0 saturated carbocycles. The van der Waals surface area contributed by atoms with Crippen molar-refractivity contribution in [3.63, 3.8) is 0 Å². The van der Waals surface area contributed by atoms with E-state index in [9.17, 15) is 9.59 Å². The van der Waals surface area contributed by atoms with Crippen LogP contribution in [0.3, 0.4) is 0 Å². The first-order chi connectivity index (χ1) is 13.5. The highest BCUT2D eigenvalue weighted by Crippen LogP contribution is 2.30. The molecule has 7 heteroatoms. The molecule has 0 radical (unpaired) electrons. The largest absolute Gasteiger partial charge is 0.494 e. The number of carbonyl (C=O) groups excluding carboxylic acids is 2. The average molecular weight is 404 g/mol. The molecule has 3 rings (SSSR count). The Kier molecular flexibility index (Phi) is 6.41. The zero-order valence-electron chi connectivity index (χ0n) is 15.7. The summed E-state index contributed by atoms with van der Waals surface area (Å²) in [7, 11) is 0. The zero-order chi connectivity index (χ0) is 20.1. The smallest absolute Gasteiger partial charge is 0.313 e. The molecule has 0 unspecified atom stereocenters. The van der Waals surface area contributed by atoms with E-state index in [2.05, 4.69) is 5.32 Å². The van der Waals surface area contributed by atoms with Gasteiger partial charge in [-0.25, -0.2) is 0 Å². The molecule has 6 nitrogen and oxygen atoms in total. The maximum absolute atomic E-state index is 12.4. The Morgan fingerprint density at radius 3 is 2.71 bits per heavy atom. The van der Waals surface area contributed by atoms with Gasteiger partial charge in [0.2, 0.25) is 0 Å². The summed E-state index contributed by atoms with van der Waals surface area (Å²) in [6.45, 7) is 4.22. The molecule has 1 heterocycles. The van der Waals surface area contributed by atoms with Gasteiger partial charge in [0.15, 0.2) is 6.10 Å². The van der Waals surface area contributed by atoms with Crippen LogP contribution in [-0.2, 0) is 20.7 Å². The highest BCUT2D eigenvalue weighted by atomic mass is 35.5. The van der Waals surface area contributed by atoms with Crippen LogP contribution < -0.4 is 14.8 Å². The first-order valence-corrected chi connectivity index (χ1v) is 9.49. The molecule has 2 atom stereocenters. The van der Waals surface area contributed by atoms with Crippen LogP contribution in [0.15, 0.2) is 42.5 Å². The minimum Gasteiger partial charge on any atom is -0.494 e. The first kappa shape index (κ1) is 20.0. The third kappa shape index (κ3) is 4.95. The van der Waals surface area contributed by atoms with Gasteiger partial charge in [-0.2, -0.15) is 0 Å². The molecule has 0 spiro atoms. The molecule has 1 aliphatic heterocycles. The van der Waals surface area contributed by atoms with Gasteiger partial charge in [-0.05, 0) is 68.3 Å². The molecule has 1 N–H and O–H groups in total. The highest BCUT2D eigenvalue weighted by molar-refractivity contribution is 6.30. The Balaban J connectivity index is 1.54. The predicted molar refractivity (Wildman–Crippen MR) is 106 cm³/mol. The lowest BCUT2D eigenvalue weighted by Gasteiger charge is -2.25. The second-order valence-electron chi connectivity index (χ2n) is 6.49. The van der Waals surface area contributed by atoms with Gasteiger partial charge < -0.3 is 19.5 Å². The van der Waals surface area contributed by atoms with Gasteiger partial charge in [-0.3, -0.25) is 9.59 Å². The average Bonchev–Trinajstić information content (AvgIpc) is 2.69. The minimum absolute atomic E-state index is 0.209. The number of carbonyl (C=O) groups is 2. The van der Waals surface area contributed by atoms with Crippen molar-refractivity contribution in [3.8, 4) is 11.5 Å². The van der Waals surface area contributed by atoms with Crippen LogP contribution in [0.1, 0.15) is 19.4 Å². The van der Waals surface area contributed by atoms with Gasteiger partial charge in [0.1, 0.15) is 18.1 Å². The molecule has 0 fully saturated rings. The van der Waals surface area contributed by atoms with E-state index in [0.29, 0.717) is 23.7 Å². The number of amides is 1. The van der Waals surface area contributed by atoms with E-state index < -0.39 is 23.9 Å². The lowest BCUT2D eigenvalue weighted by atomic mass is 9.97. The number of fused-ring (bicyclic) bond motifs is 1. The molecule has 148 valence electrons. The number of benzene rings is 2. The number of anilines is 1. The summed E-state index contributed by atoms with van der Waals surface area (Å²) >= 11 is 6.00. The standard InChI is InChI=1S/C21H22ClNO5/c1-3-26-18-7-5-17(6-8-18)23-20(24)13(2)28-21(25)15-10-14-11-16(22)4-9-19(14)27-12-15/h4-9,11,13,15H,3,10,12H2,1-2H3,(H,23,24)/t13-,15+/m0/s1. The van der Waals surface area contributed by atoms with Gasteiger partial charge in [-0.1, -0.05) is 11.6 Å². The van der Waals surface area contributed by atoms with Crippen molar-refractivity contribution < 1.29 is 23.8 Å². The van der Waals surface area contributed by atoms with Crippen LogP contribution in [0.4, 0.5) is 5.69 Å². The summed E-state index contributed by atoms with van der Waals surface area (Å²) in [5.74, 6) is 0.0803. The van der Waals surface area contributed by atoms with E-state index in [0.717, 1.165) is 17.1 Å². The van der Waals surface area contributed by atoms with Crippen LogP contribution in [-0.4, -0.2) is 31.2 Å². The molecular weight excluding hydrogens is 382 g/mol. The van der Waals surface area contributed by atoms with Crippen LogP contribution in [0.25, 0.3) is 0 Å². The van der Waals surface area contributed by atoms with Crippen molar-refractivity contribution in [3.05, 3.63) is 53.1 Å². The number of esters is 1. The highest BCUT2D eigenvalue weighted by Gasteiger charge is 2.30. The van der Waals surface area contributed by atoms with E-state index >= 15 is 0 Å². The van der Waals surface area contributed by atoms with Crippen molar-refractivity contribution in [1.29, 1.82) is 0 Å². The fourth-order valence-electron chi connectivity index (χ4n) is 2.88. The Morgan fingerprint density at radius 1 is 1.25 bits per heavy atom. The number of rotatable bonds is 6. The Morgan fingerprint density at radius 2 is 2.00 bits per heavy atom. The summed E-state index contributed by atoms with van der Waals surface area (Å²) in [6.07, 6.45) is -0.470. The van der Waals surface area contributed by atoms with E-state index in [1.54, 1.807) is 42.5 Å². The summed E-state index contributed by atoms with van der Waals surface area (Å²) < 4.78 is 16.3. The van der Waals surface area contributed by atoms with Gasteiger partial charge in [0.05, 0.1) is 12.5 Å². The van der Waals surface area contributed by atoms with E-state index in [4.69, 9.17) is 25.8 Å². The van der Waals surface area contributed by atoms with Crippen molar-refractivity contribution >= 4 is 29.2 Å². The molecule has 2 aromatic rings. The summed E-state index contributed by atoms with van der Waals surface area (Å²) in [5, 5.41) is 3.30. The Bertz CT molecular complexity index is 852. The number of hydrogen-bond acceptors (Lipinski definition) is 5. The normalized spacial score (nSPS) is 16.3. The van der Waals surface area contributed by atoms with Crippen molar-refractivity contribution in [2.75, 3.05) is 18.5 Å². The van der Waals surface area contributed by atoms with Crippen molar-refractivity contribution in [2.24, 2.45) is 5.92 Å². The number of halogens is 1. The van der Waals surface area contributed by atoms with E-state index in [1.165, 1.54) is 6.92 Å². The second-order valence-corrected chi connectivity index (χ2v) is 6.93. The topological polar surface area (TPSA) is 73.9 Å². The number of nitrogens with one attached hydrogen (secondary N) is 1. The van der Waals surface area contributed by atoms with E-state index in [1.807, 2.05) is 6.92 Å². The summed E-state index contributed by atoms with van der Waals surface area (Å²) in [5.41, 5.74) is 1.45. The van der Waals surface area contributed by atoms with Gasteiger partial charge in [0, 0.05) is 10.7 Å².